The van der Waals surface area contributed by atoms with Gasteiger partial charge in [0.2, 0.25) is 0 Å². The Balaban J connectivity index is 2.02. The van der Waals surface area contributed by atoms with E-state index >= 15 is 0 Å². The summed E-state index contributed by atoms with van der Waals surface area (Å²) in [7, 11) is 0. The van der Waals surface area contributed by atoms with Gasteiger partial charge in [0.25, 0.3) is 0 Å². The quantitative estimate of drug-likeness (QED) is 0.877. The van der Waals surface area contributed by atoms with Gasteiger partial charge in [-0.2, -0.15) is 0 Å². The van der Waals surface area contributed by atoms with Crippen LogP contribution in [0.25, 0.3) is 0 Å². The number of rotatable bonds is 3. The minimum absolute atomic E-state index is 0.0791. The summed E-state index contributed by atoms with van der Waals surface area (Å²) in [5.41, 5.74) is 6.90. The molecule has 0 amide bonds. The van der Waals surface area contributed by atoms with Crippen LogP contribution in [0.1, 0.15) is 31.7 Å². The molecule has 1 aromatic rings. The molecule has 1 aliphatic heterocycles. The molecule has 0 bridgehead atoms. The first kappa shape index (κ1) is 12.5. The van der Waals surface area contributed by atoms with Gasteiger partial charge in [0, 0.05) is 12.6 Å². The molecule has 2 unspecified atom stereocenters. The molecule has 94 valence electrons. The van der Waals surface area contributed by atoms with Crippen molar-refractivity contribution in [2.24, 2.45) is 5.73 Å². The number of halogens is 1. The highest BCUT2D eigenvalue weighted by Crippen LogP contribution is 2.28. The molecule has 3 heteroatoms. The number of benzene rings is 1. The third-order valence-corrected chi connectivity index (χ3v) is 3.63. The summed E-state index contributed by atoms with van der Waals surface area (Å²) in [5.74, 6) is -0.204. The Labute approximate surface area is 102 Å². The van der Waals surface area contributed by atoms with E-state index in [-0.39, 0.29) is 17.5 Å². The van der Waals surface area contributed by atoms with Gasteiger partial charge < -0.3 is 10.5 Å². The van der Waals surface area contributed by atoms with Crippen molar-refractivity contribution < 1.29 is 9.13 Å². The number of hydrogen-bond acceptors (Lipinski definition) is 2. The number of nitrogens with two attached hydrogens (primary N) is 1. The fraction of sp³-hybridized carbons (Fsp3) is 0.571. The molecule has 0 radical (unpaired) electrons. The van der Waals surface area contributed by atoms with Gasteiger partial charge in [-0.1, -0.05) is 12.1 Å². The molecular weight excluding hydrogens is 217 g/mol. The zero-order valence-corrected chi connectivity index (χ0v) is 10.3. The smallest absolute Gasteiger partial charge is 0.123 e. The predicted octanol–water partition coefficient (Wildman–Crippen LogP) is 2.65. The van der Waals surface area contributed by atoms with E-state index in [0.29, 0.717) is 6.42 Å². The molecule has 2 atom stereocenters. The Morgan fingerprint density at radius 3 is 2.94 bits per heavy atom. The zero-order chi connectivity index (χ0) is 12.3. The first-order valence-corrected chi connectivity index (χ1v) is 6.24. The molecule has 2 nitrogen and oxygen atoms in total. The number of hydrogen-bond donors (Lipinski definition) is 1. The molecular formula is C14H20FNO. The fourth-order valence-corrected chi connectivity index (χ4v) is 2.38. The molecule has 1 saturated heterocycles. The van der Waals surface area contributed by atoms with E-state index in [0.717, 1.165) is 31.4 Å². The molecule has 0 aliphatic carbocycles. The van der Waals surface area contributed by atoms with E-state index in [2.05, 4.69) is 6.92 Å². The van der Waals surface area contributed by atoms with Gasteiger partial charge in [0.15, 0.2) is 0 Å². The standard InChI is InChI=1S/C14H20FNO/c1-14(7-2-3-8-17-14)13(16)10-11-5-4-6-12(15)9-11/h4-6,9,13H,2-3,7-8,10,16H2,1H3. The van der Waals surface area contributed by atoms with Gasteiger partial charge in [0.1, 0.15) is 5.82 Å². The van der Waals surface area contributed by atoms with Gasteiger partial charge in [-0.05, 0) is 50.3 Å². The molecule has 1 aromatic carbocycles. The van der Waals surface area contributed by atoms with Gasteiger partial charge in [0.05, 0.1) is 5.60 Å². The van der Waals surface area contributed by atoms with Crippen molar-refractivity contribution in [2.45, 2.75) is 44.2 Å². The van der Waals surface area contributed by atoms with E-state index in [4.69, 9.17) is 10.5 Å². The van der Waals surface area contributed by atoms with Crippen LogP contribution in [0.15, 0.2) is 24.3 Å². The van der Waals surface area contributed by atoms with Gasteiger partial charge >= 0.3 is 0 Å². The second kappa shape index (κ2) is 5.15. The summed E-state index contributed by atoms with van der Waals surface area (Å²) >= 11 is 0. The van der Waals surface area contributed by atoms with Crippen LogP contribution in [0.5, 0.6) is 0 Å². The second-order valence-electron chi connectivity index (χ2n) is 5.06. The van der Waals surface area contributed by atoms with Crippen LogP contribution < -0.4 is 5.73 Å². The van der Waals surface area contributed by atoms with Crippen molar-refractivity contribution in [3.8, 4) is 0 Å². The van der Waals surface area contributed by atoms with Crippen molar-refractivity contribution in [3.05, 3.63) is 35.6 Å². The average molecular weight is 237 g/mol. The summed E-state index contributed by atoms with van der Waals surface area (Å²) in [6, 6.07) is 6.56. The van der Waals surface area contributed by atoms with Crippen LogP contribution >= 0.6 is 0 Å². The second-order valence-corrected chi connectivity index (χ2v) is 5.06. The van der Waals surface area contributed by atoms with Crippen LogP contribution in [0.4, 0.5) is 4.39 Å². The Morgan fingerprint density at radius 2 is 2.29 bits per heavy atom. The van der Waals surface area contributed by atoms with Crippen LogP contribution in [0.3, 0.4) is 0 Å². The largest absolute Gasteiger partial charge is 0.374 e. The lowest BCUT2D eigenvalue weighted by Gasteiger charge is -2.38. The lowest BCUT2D eigenvalue weighted by Crippen LogP contribution is -2.50. The van der Waals surface area contributed by atoms with Crippen molar-refractivity contribution >= 4 is 0 Å². The molecule has 1 fully saturated rings. The van der Waals surface area contributed by atoms with Crippen molar-refractivity contribution in [2.75, 3.05) is 6.61 Å². The zero-order valence-electron chi connectivity index (χ0n) is 10.3. The van der Waals surface area contributed by atoms with E-state index in [1.807, 2.05) is 6.07 Å². The fourth-order valence-electron chi connectivity index (χ4n) is 2.38. The molecule has 0 saturated carbocycles. The maximum Gasteiger partial charge on any atom is 0.123 e. The molecule has 17 heavy (non-hydrogen) atoms. The first-order valence-electron chi connectivity index (χ1n) is 6.24. The minimum Gasteiger partial charge on any atom is -0.374 e. The maximum absolute atomic E-state index is 13.1. The van der Waals surface area contributed by atoms with Crippen molar-refractivity contribution in [1.29, 1.82) is 0 Å². The van der Waals surface area contributed by atoms with Crippen LogP contribution in [-0.2, 0) is 11.2 Å². The first-order chi connectivity index (χ1) is 8.10. The van der Waals surface area contributed by atoms with Crippen LogP contribution in [0.2, 0.25) is 0 Å². The summed E-state index contributed by atoms with van der Waals surface area (Å²) in [5, 5.41) is 0. The van der Waals surface area contributed by atoms with Gasteiger partial charge in [-0.25, -0.2) is 4.39 Å². The van der Waals surface area contributed by atoms with E-state index in [1.165, 1.54) is 6.07 Å². The Morgan fingerprint density at radius 1 is 1.47 bits per heavy atom. The van der Waals surface area contributed by atoms with Gasteiger partial charge in [-0.3, -0.25) is 0 Å². The Hall–Kier alpha value is -0.930. The maximum atomic E-state index is 13.1. The molecule has 2 N–H and O–H groups in total. The topological polar surface area (TPSA) is 35.2 Å². The van der Waals surface area contributed by atoms with Crippen LogP contribution in [-0.4, -0.2) is 18.2 Å². The molecule has 0 spiro atoms. The van der Waals surface area contributed by atoms with Crippen LogP contribution in [0, 0.1) is 5.82 Å². The Kier molecular flexibility index (Phi) is 3.79. The third-order valence-electron chi connectivity index (χ3n) is 3.63. The lowest BCUT2D eigenvalue weighted by atomic mass is 9.85. The minimum atomic E-state index is -0.259. The highest BCUT2D eigenvalue weighted by atomic mass is 19.1. The summed E-state index contributed by atoms with van der Waals surface area (Å²) in [4.78, 5) is 0. The van der Waals surface area contributed by atoms with E-state index in [1.54, 1.807) is 12.1 Å². The summed E-state index contributed by atoms with van der Waals surface area (Å²) < 4.78 is 18.9. The normalized spacial score (nSPS) is 26.8. The SMILES string of the molecule is CC1(C(N)Cc2cccc(F)c2)CCCCO1. The third kappa shape index (κ3) is 3.05. The molecule has 1 aliphatic rings. The van der Waals surface area contributed by atoms with Gasteiger partial charge in [-0.15, -0.1) is 0 Å². The molecule has 0 aromatic heterocycles. The van der Waals surface area contributed by atoms with Crippen molar-refractivity contribution in [3.63, 3.8) is 0 Å². The molecule has 2 rings (SSSR count). The predicted molar refractivity (Wildman–Crippen MR) is 66.3 cm³/mol. The highest BCUT2D eigenvalue weighted by Gasteiger charge is 2.34. The molecule has 1 heterocycles. The summed E-state index contributed by atoms with van der Waals surface area (Å²) in [6.07, 6.45) is 3.92. The number of ether oxygens (including phenoxy) is 1. The van der Waals surface area contributed by atoms with Crippen molar-refractivity contribution in [1.82, 2.24) is 0 Å². The monoisotopic (exact) mass is 237 g/mol. The average Bonchev–Trinajstić information content (AvgIpc) is 2.30. The summed E-state index contributed by atoms with van der Waals surface area (Å²) in [6.45, 7) is 2.85. The Bertz CT molecular complexity index is 374. The van der Waals surface area contributed by atoms with E-state index in [9.17, 15) is 4.39 Å². The van der Waals surface area contributed by atoms with E-state index < -0.39 is 0 Å². The highest BCUT2D eigenvalue weighted by molar-refractivity contribution is 5.18. The lowest BCUT2D eigenvalue weighted by molar-refractivity contribution is -0.0808.